The van der Waals surface area contributed by atoms with Crippen molar-refractivity contribution in [2.24, 2.45) is 0 Å². The topological polar surface area (TPSA) is 19.6 Å². The van der Waals surface area contributed by atoms with Gasteiger partial charge in [-0.05, 0) is 128 Å². The fourth-order valence-electron chi connectivity index (χ4n) is 9.64. The molecule has 3 heterocycles. The van der Waals surface area contributed by atoms with Gasteiger partial charge in [-0.2, -0.15) is 0 Å². The second-order valence-electron chi connectivity index (χ2n) is 23.2. The van der Waals surface area contributed by atoms with Crippen molar-refractivity contribution in [3.63, 3.8) is 0 Å². The predicted molar refractivity (Wildman–Crippen MR) is 248 cm³/mol. The molecule has 2 aliphatic heterocycles. The van der Waals surface area contributed by atoms with Crippen LogP contribution in [-0.4, -0.2) is 6.71 Å². The van der Waals surface area contributed by atoms with Crippen LogP contribution in [0.5, 0.6) is 0 Å². The van der Waals surface area contributed by atoms with Gasteiger partial charge in [-0.25, -0.2) is 0 Å². The zero-order valence-corrected chi connectivity index (χ0v) is 38.2. The van der Waals surface area contributed by atoms with Crippen molar-refractivity contribution in [1.29, 1.82) is 0 Å². The van der Waals surface area contributed by atoms with Crippen LogP contribution in [0.15, 0.2) is 77.2 Å². The Bertz CT molecular complexity index is 2380. The molecular formula is C53H67BN2O. The van der Waals surface area contributed by atoms with E-state index in [1.807, 2.05) is 0 Å². The number of benzene rings is 4. The SMILES string of the molecule is Cc1cc2c3c(c1)N(c1ccc(C(C)(C)C)cc1)c1c(oc4c1C(C)(C)CCC4(C)C)B3c1ccc(C(C)(C)C)cc1N2c1cc(C(C)(C)C)cc(C(C)(C)C)c1. The third-order valence-electron chi connectivity index (χ3n) is 13.5. The van der Waals surface area contributed by atoms with Crippen LogP contribution in [0.4, 0.5) is 34.1 Å². The molecule has 0 unspecified atom stereocenters. The van der Waals surface area contributed by atoms with E-state index in [-0.39, 0.29) is 39.2 Å². The minimum Gasteiger partial charge on any atom is -0.472 e. The van der Waals surface area contributed by atoms with Gasteiger partial charge in [0, 0.05) is 39.4 Å². The molecule has 0 amide bonds. The van der Waals surface area contributed by atoms with E-state index in [1.165, 1.54) is 78.4 Å². The third-order valence-corrected chi connectivity index (χ3v) is 13.5. The van der Waals surface area contributed by atoms with Gasteiger partial charge in [0.05, 0.1) is 11.3 Å². The second kappa shape index (κ2) is 12.4. The maximum absolute atomic E-state index is 7.55. The highest BCUT2D eigenvalue weighted by molar-refractivity contribution is 6.99. The standard InChI is InChI=1S/C53H67BN2O/c1-32-26-41-44-42(27-32)56(37-21-18-33(19-22-37)48(2,3)4)45-43-46(53(16,17)25-24-52(43,14)15)57-47(45)54(44)39-23-20-34(49(5,6)7)31-40(39)55(41)38-29-35(50(8,9)10)28-36(30-38)51(11,12)13/h18-23,26-31H,24-25H2,1-17H3. The molecule has 0 atom stereocenters. The number of hydrogen-bond acceptors (Lipinski definition) is 3. The molecule has 0 bridgehead atoms. The van der Waals surface area contributed by atoms with Gasteiger partial charge in [0.2, 0.25) is 0 Å². The summed E-state index contributed by atoms with van der Waals surface area (Å²) in [5.74, 6) is 1.16. The Balaban J connectivity index is 1.52. The van der Waals surface area contributed by atoms with Crippen LogP contribution in [0.2, 0.25) is 0 Å². The number of furan rings is 1. The summed E-state index contributed by atoms with van der Waals surface area (Å²) in [6.07, 6.45) is 2.22. The lowest BCUT2D eigenvalue weighted by Crippen LogP contribution is -2.61. The first-order chi connectivity index (χ1) is 26.2. The Morgan fingerprint density at radius 3 is 1.58 bits per heavy atom. The largest absolute Gasteiger partial charge is 0.472 e. The third kappa shape index (κ3) is 6.40. The zero-order chi connectivity index (χ0) is 41.6. The van der Waals surface area contributed by atoms with Crippen LogP contribution in [0, 0.1) is 6.92 Å². The first-order valence-electron chi connectivity index (χ1n) is 21.5. The molecule has 0 spiro atoms. The first kappa shape index (κ1) is 39.6. The van der Waals surface area contributed by atoms with E-state index < -0.39 is 0 Å². The van der Waals surface area contributed by atoms with E-state index >= 15 is 0 Å². The molecule has 1 aliphatic carbocycles. The van der Waals surface area contributed by atoms with Crippen LogP contribution < -0.4 is 26.4 Å². The van der Waals surface area contributed by atoms with Gasteiger partial charge in [0.25, 0.3) is 6.71 Å². The molecule has 0 saturated heterocycles. The average Bonchev–Trinajstić information content (AvgIpc) is 3.51. The Morgan fingerprint density at radius 1 is 0.526 bits per heavy atom. The van der Waals surface area contributed by atoms with E-state index in [9.17, 15) is 0 Å². The van der Waals surface area contributed by atoms with Crippen LogP contribution in [0.3, 0.4) is 0 Å². The van der Waals surface area contributed by atoms with E-state index in [4.69, 9.17) is 4.42 Å². The summed E-state index contributed by atoms with van der Waals surface area (Å²) in [5, 5.41) is 0. The van der Waals surface area contributed by atoms with Gasteiger partial charge in [-0.1, -0.05) is 141 Å². The maximum atomic E-state index is 7.55. The molecule has 1 aromatic heterocycles. The molecule has 298 valence electrons. The zero-order valence-electron chi connectivity index (χ0n) is 38.2. The smallest absolute Gasteiger partial charge is 0.297 e. The lowest BCUT2D eigenvalue weighted by Gasteiger charge is -2.45. The van der Waals surface area contributed by atoms with E-state index in [2.05, 4.69) is 200 Å². The van der Waals surface area contributed by atoms with Crippen molar-refractivity contribution in [3.8, 4) is 0 Å². The highest BCUT2D eigenvalue weighted by Gasteiger charge is 2.52. The van der Waals surface area contributed by atoms with Crippen molar-refractivity contribution in [3.05, 3.63) is 112 Å². The van der Waals surface area contributed by atoms with Crippen LogP contribution in [0.25, 0.3) is 0 Å². The molecule has 8 rings (SSSR count). The highest BCUT2D eigenvalue weighted by atomic mass is 16.3. The summed E-state index contributed by atoms with van der Waals surface area (Å²) in [6, 6.07) is 29.0. The summed E-state index contributed by atoms with van der Waals surface area (Å²) in [4.78, 5) is 5.20. The molecule has 5 aromatic rings. The summed E-state index contributed by atoms with van der Waals surface area (Å²) in [7, 11) is 0. The van der Waals surface area contributed by atoms with Gasteiger partial charge < -0.3 is 14.2 Å². The van der Waals surface area contributed by atoms with Crippen molar-refractivity contribution >= 4 is 57.4 Å². The number of rotatable bonds is 2. The molecule has 4 aromatic carbocycles. The Kier molecular flexibility index (Phi) is 8.64. The van der Waals surface area contributed by atoms with Gasteiger partial charge >= 0.3 is 0 Å². The molecule has 3 aliphatic rings. The van der Waals surface area contributed by atoms with Crippen molar-refractivity contribution in [2.45, 2.75) is 163 Å². The summed E-state index contributed by atoms with van der Waals surface area (Å²) < 4.78 is 7.55. The van der Waals surface area contributed by atoms with Crippen molar-refractivity contribution in [2.75, 3.05) is 9.80 Å². The predicted octanol–water partition coefficient (Wildman–Crippen LogP) is 13.2. The normalized spacial score (nSPS) is 17.2. The number of anilines is 6. The molecule has 0 radical (unpaired) electrons. The minimum absolute atomic E-state index is 0.0196. The highest BCUT2D eigenvalue weighted by Crippen LogP contribution is 2.55. The molecule has 4 heteroatoms. The molecule has 57 heavy (non-hydrogen) atoms. The van der Waals surface area contributed by atoms with Crippen LogP contribution >= 0.6 is 0 Å². The number of hydrogen-bond donors (Lipinski definition) is 0. The average molecular weight is 759 g/mol. The monoisotopic (exact) mass is 759 g/mol. The van der Waals surface area contributed by atoms with Crippen LogP contribution in [-0.2, 0) is 32.5 Å². The number of fused-ring (bicyclic) bond motifs is 6. The Hall–Kier alpha value is -4.18. The lowest BCUT2D eigenvalue weighted by molar-refractivity contribution is 0.282. The Labute approximate surface area is 345 Å². The second-order valence-corrected chi connectivity index (χ2v) is 23.2. The van der Waals surface area contributed by atoms with E-state index in [0.717, 1.165) is 24.3 Å². The summed E-state index contributed by atoms with van der Waals surface area (Å²) in [6.45, 7) is 39.9. The molecule has 0 N–H and O–H groups in total. The molecule has 3 nitrogen and oxygen atoms in total. The van der Waals surface area contributed by atoms with Crippen molar-refractivity contribution < 1.29 is 4.42 Å². The fraction of sp³-hybridized carbons (Fsp3) is 0.472. The van der Waals surface area contributed by atoms with E-state index in [0.29, 0.717) is 0 Å². The number of nitrogens with zero attached hydrogens (tertiary/aromatic N) is 2. The minimum atomic E-state index is -0.0781. The molecular weight excluding hydrogens is 691 g/mol. The maximum Gasteiger partial charge on any atom is 0.297 e. The van der Waals surface area contributed by atoms with E-state index in [1.54, 1.807) is 0 Å². The van der Waals surface area contributed by atoms with Gasteiger partial charge in [0.15, 0.2) is 0 Å². The Morgan fingerprint density at radius 2 is 1.04 bits per heavy atom. The summed E-state index contributed by atoms with van der Waals surface area (Å²) >= 11 is 0. The fourth-order valence-corrected chi connectivity index (χ4v) is 9.64. The number of aryl methyl sites for hydroxylation is 1. The molecule has 0 saturated carbocycles. The quantitative estimate of drug-likeness (QED) is 0.164. The summed E-state index contributed by atoms with van der Waals surface area (Å²) in [5.41, 5.74) is 19.0. The first-order valence-corrected chi connectivity index (χ1v) is 21.5. The lowest BCUT2D eigenvalue weighted by atomic mass is 9.35. The van der Waals surface area contributed by atoms with Crippen molar-refractivity contribution in [1.82, 2.24) is 0 Å². The van der Waals surface area contributed by atoms with Gasteiger partial charge in [-0.3, -0.25) is 0 Å². The van der Waals surface area contributed by atoms with Crippen LogP contribution in [0.1, 0.15) is 163 Å². The molecule has 0 fully saturated rings. The van der Waals surface area contributed by atoms with Gasteiger partial charge in [-0.15, -0.1) is 0 Å². The van der Waals surface area contributed by atoms with Gasteiger partial charge in [0.1, 0.15) is 5.76 Å².